The lowest BCUT2D eigenvalue weighted by Crippen LogP contribution is -2.16. The second-order valence-corrected chi connectivity index (χ2v) is 8.32. The minimum Gasteiger partial charge on any atom is -0.454 e. The van der Waals surface area contributed by atoms with Gasteiger partial charge in [-0.3, -0.25) is 4.79 Å². The van der Waals surface area contributed by atoms with E-state index in [1.165, 1.54) is 10.6 Å². The number of fused-ring (bicyclic) bond motifs is 1. The Bertz CT molecular complexity index is 1370. The number of aromatic nitrogens is 2. The minimum atomic E-state index is -1.27. The fraction of sp³-hybridized carbons (Fsp3) is 0.208. The summed E-state index contributed by atoms with van der Waals surface area (Å²) in [6.45, 7) is 5.79. The molecule has 6 nitrogen and oxygen atoms in total. The highest BCUT2D eigenvalue weighted by Gasteiger charge is 2.17. The number of nitrogens with zero attached hydrogens (tertiary/aromatic N) is 1. The van der Waals surface area contributed by atoms with Crippen LogP contribution in [0.1, 0.15) is 20.8 Å². The van der Waals surface area contributed by atoms with E-state index in [-0.39, 0.29) is 11.3 Å². The third-order valence-electron chi connectivity index (χ3n) is 4.77. The number of aromatic amines is 1. The van der Waals surface area contributed by atoms with E-state index in [1.807, 2.05) is 13.8 Å². The van der Waals surface area contributed by atoms with Crippen molar-refractivity contribution in [2.75, 3.05) is 10.5 Å². The van der Waals surface area contributed by atoms with Crippen molar-refractivity contribution in [2.24, 2.45) is 7.05 Å². The molecule has 9 heteroatoms. The van der Waals surface area contributed by atoms with Gasteiger partial charge < -0.3 is 19.0 Å². The molecule has 4 rings (SSSR count). The molecule has 4 aromatic rings. The number of rotatable bonds is 6. The summed E-state index contributed by atoms with van der Waals surface area (Å²) in [6, 6.07) is 9.80. The Morgan fingerprint density at radius 3 is 2.48 bits per heavy atom. The normalized spacial score (nSPS) is 11.6. The molecule has 0 saturated carbocycles. The summed E-state index contributed by atoms with van der Waals surface area (Å²) in [5.74, 6) is -0.989. The van der Waals surface area contributed by atoms with Crippen molar-refractivity contribution in [1.29, 1.82) is 0 Å². The Morgan fingerprint density at radius 2 is 1.79 bits per heavy atom. The van der Waals surface area contributed by atoms with Crippen LogP contribution < -0.4 is 15.0 Å². The van der Waals surface area contributed by atoms with Crippen LogP contribution in [-0.2, 0) is 18.0 Å². The Hall–Kier alpha value is -3.46. The van der Waals surface area contributed by atoms with Crippen LogP contribution in [0.15, 0.2) is 59.7 Å². The number of nitrogens with one attached hydrogen (secondary N) is 2. The van der Waals surface area contributed by atoms with Gasteiger partial charge in [0.1, 0.15) is 28.1 Å². The lowest BCUT2D eigenvalue weighted by atomic mass is 10.0. The topological polar surface area (TPSA) is 76.1 Å². The van der Waals surface area contributed by atoms with Gasteiger partial charge in [-0.15, -0.1) is 0 Å². The van der Waals surface area contributed by atoms with Crippen molar-refractivity contribution in [3.8, 4) is 22.6 Å². The zero-order chi connectivity index (χ0) is 24.1. The summed E-state index contributed by atoms with van der Waals surface area (Å²) in [5.41, 5.74) is 1.98. The number of H-pyrrole nitrogens is 1. The van der Waals surface area contributed by atoms with Crippen LogP contribution in [0.2, 0.25) is 0 Å². The Balaban J connectivity index is 0.00000149. The average molecular weight is 474 g/mol. The van der Waals surface area contributed by atoms with E-state index in [0.29, 0.717) is 39.2 Å². The summed E-state index contributed by atoms with van der Waals surface area (Å²) >= 11 is 0. The van der Waals surface area contributed by atoms with Gasteiger partial charge in [0.25, 0.3) is 5.56 Å². The number of aryl methyl sites for hydroxylation is 1. The van der Waals surface area contributed by atoms with Gasteiger partial charge in [0.2, 0.25) is 0 Å². The van der Waals surface area contributed by atoms with Crippen LogP contribution in [0.5, 0.6) is 11.5 Å². The number of benzene rings is 2. The minimum absolute atomic E-state index is 0.143. The molecule has 0 aliphatic rings. The molecule has 0 radical (unpaired) electrons. The average Bonchev–Trinajstić information content (AvgIpc) is 3.30. The van der Waals surface area contributed by atoms with Gasteiger partial charge in [-0.2, -0.15) is 0 Å². The molecule has 0 bridgehead atoms. The molecule has 174 valence electrons. The van der Waals surface area contributed by atoms with Crippen molar-refractivity contribution >= 4 is 27.6 Å². The number of anilines is 1. The molecule has 0 saturated heterocycles. The first kappa shape index (κ1) is 24.2. The second kappa shape index (κ2) is 10.4. The van der Waals surface area contributed by atoms with E-state index in [2.05, 4.69) is 9.71 Å². The van der Waals surface area contributed by atoms with Crippen LogP contribution in [0.3, 0.4) is 0 Å². The molecule has 0 amide bonds. The van der Waals surface area contributed by atoms with Crippen molar-refractivity contribution in [3.63, 3.8) is 0 Å². The molecular weight excluding hydrogens is 448 g/mol. The maximum Gasteiger partial charge on any atom is 0.274 e. The number of hydrogen-bond acceptors (Lipinski definition) is 3. The Kier molecular flexibility index (Phi) is 7.65. The van der Waals surface area contributed by atoms with Crippen molar-refractivity contribution in [2.45, 2.75) is 20.8 Å². The maximum atomic E-state index is 14.2. The quantitative estimate of drug-likeness (QED) is 0.376. The van der Waals surface area contributed by atoms with Crippen LogP contribution in [0.4, 0.5) is 14.5 Å². The SMILES string of the molecule is CC.CCS(=O)Nc1ccc(Oc2ccc(F)cc2F)c(-c2cn(C)c(=O)c3[nH]ccc23)c1. The molecule has 0 aliphatic heterocycles. The fourth-order valence-electron chi connectivity index (χ4n) is 3.26. The van der Waals surface area contributed by atoms with Crippen molar-refractivity contribution < 1.29 is 17.7 Å². The molecule has 0 spiro atoms. The predicted molar refractivity (Wildman–Crippen MR) is 129 cm³/mol. The number of pyridine rings is 1. The highest BCUT2D eigenvalue weighted by molar-refractivity contribution is 7.86. The maximum absolute atomic E-state index is 14.2. The highest BCUT2D eigenvalue weighted by Crippen LogP contribution is 2.39. The van der Waals surface area contributed by atoms with E-state index in [1.54, 1.807) is 50.6 Å². The third kappa shape index (κ3) is 5.14. The van der Waals surface area contributed by atoms with E-state index in [4.69, 9.17) is 4.74 Å². The lowest BCUT2D eigenvalue weighted by Gasteiger charge is -2.16. The summed E-state index contributed by atoms with van der Waals surface area (Å²) in [4.78, 5) is 15.4. The smallest absolute Gasteiger partial charge is 0.274 e. The van der Waals surface area contributed by atoms with E-state index in [9.17, 15) is 17.8 Å². The summed E-state index contributed by atoms with van der Waals surface area (Å²) in [5, 5.41) is 0.654. The number of ether oxygens (including phenoxy) is 1. The molecule has 0 fully saturated rings. The largest absolute Gasteiger partial charge is 0.454 e. The molecule has 2 N–H and O–H groups in total. The third-order valence-corrected chi connectivity index (χ3v) is 5.76. The molecule has 2 aromatic carbocycles. The monoisotopic (exact) mass is 473 g/mol. The molecular formula is C24H25F2N3O3S. The van der Waals surface area contributed by atoms with Gasteiger partial charge in [-0.25, -0.2) is 13.0 Å². The van der Waals surface area contributed by atoms with Gasteiger partial charge in [-0.1, -0.05) is 20.8 Å². The fourth-order valence-corrected chi connectivity index (χ4v) is 3.79. The summed E-state index contributed by atoms with van der Waals surface area (Å²) in [6.07, 6.45) is 3.31. The van der Waals surface area contributed by atoms with Crippen LogP contribution >= 0.6 is 0 Å². The number of halogens is 2. The van der Waals surface area contributed by atoms with E-state index in [0.717, 1.165) is 12.1 Å². The van der Waals surface area contributed by atoms with Gasteiger partial charge >= 0.3 is 0 Å². The molecule has 1 unspecified atom stereocenters. The van der Waals surface area contributed by atoms with Crippen LogP contribution in [0, 0.1) is 11.6 Å². The lowest BCUT2D eigenvalue weighted by molar-refractivity contribution is 0.439. The van der Waals surface area contributed by atoms with Crippen molar-refractivity contribution in [3.05, 3.63) is 76.8 Å². The van der Waals surface area contributed by atoms with Crippen LogP contribution in [-0.4, -0.2) is 19.5 Å². The standard InChI is InChI=1S/C22H19F2N3O3S.C2H6/c1-3-31(29)26-14-5-7-19(30-20-6-4-13(23)10-18(20)24)16(11-14)17-12-27(2)22(28)21-15(17)8-9-25-21;1-2/h4-12,25-26H,3H2,1-2H3;1-2H3. The van der Waals surface area contributed by atoms with Gasteiger partial charge in [-0.05, 0) is 36.4 Å². The van der Waals surface area contributed by atoms with E-state index >= 15 is 0 Å². The summed E-state index contributed by atoms with van der Waals surface area (Å²) < 4.78 is 49.6. The zero-order valence-electron chi connectivity index (χ0n) is 18.7. The second-order valence-electron chi connectivity index (χ2n) is 6.85. The predicted octanol–water partition coefficient (Wildman–Crippen LogP) is 5.73. The first-order valence-corrected chi connectivity index (χ1v) is 11.8. The summed E-state index contributed by atoms with van der Waals surface area (Å²) in [7, 11) is 0.351. The van der Waals surface area contributed by atoms with Gasteiger partial charge in [0, 0.05) is 53.5 Å². The first-order valence-electron chi connectivity index (χ1n) is 10.5. The van der Waals surface area contributed by atoms with Gasteiger partial charge in [0.05, 0.1) is 0 Å². The van der Waals surface area contributed by atoms with Gasteiger partial charge in [0.15, 0.2) is 11.6 Å². The zero-order valence-corrected chi connectivity index (χ0v) is 19.6. The highest BCUT2D eigenvalue weighted by atomic mass is 32.2. The van der Waals surface area contributed by atoms with Crippen molar-refractivity contribution in [1.82, 2.24) is 9.55 Å². The van der Waals surface area contributed by atoms with Crippen LogP contribution in [0.25, 0.3) is 22.0 Å². The van der Waals surface area contributed by atoms with E-state index < -0.39 is 22.6 Å². The molecule has 33 heavy (non-hydrogen) atoms. The molecule has 2 heterocycles. The molecule has 2 aromatic heterocycles. The molecule has 0 aliphatic carbocycles. The Morgan fingerprint density at radius 1 is 1.06 bits per heavy atom. The number of hydrogen-bond donors (Lipinski definition) is 2. The Labute approximate surface area is 192 Å². The first-order chi connectivity index (χ1) is 15.9. The molecule has 1 atom stereocenters.